The molecule has 1 unspecified atom stereocenters. The van der Waals surface area contributed by atoms with Crippen molar-refractivity contribution in [3.63, 3.8) is 0 Å². The first-order valence-electron chi connectivity index (χ1n) is 9.75. The summed E-state index contributed by atoms with van der Waals surface area (Å²) in [6.45, 7) is 7.59. The molecular weight excluding hydrogens is 396 g/mol. The van der Waals surface area contributed by atoms with E-state index in [1.807, 2.05) is 20.8 Å². The van der Waals surface area contributed by atoms with Crippen LogP contribution in [0, 0.1) is 6.92 Å². The molecule has 156 valence electrons. The van der Waals surface area contributed by atoms with Gasteiger partial charge in [-0.3, -0.25) is 23.5 Å². The number of amides is 2. The molecule has 0 bridgehead atoms. The number of carbonyl (C=O) groups is 2. The van der Waals surface area contributed by atoms with Crippen LogP contribution < -0.4 is 16.6 Å². The van der Waals surface area contributed by atoms with Gasteiger partial charge in [-0.15, -0.1) is 11.3 Å². The topological polar surface area (TPSA) is 103 Å². The normalized spacial score (nSPS) is 19.7. The average Bonchev–Trinajstić information content (AvgIpc) is 2.93. The molecule has 9 nitrogen and oxygen atoms in total. The molecule has 2 aliphatic rings. The third-order valence-corrected chi connectivity index (χ3v) is 6.82. The van der Waals surface area contributed by atoms with Crippen molar-refractivity contribution in [1.29, 1.82) is 0 Å². The molecule has 2 saturated heterocycles. The number of nitrogens with zero attached hydrogens (tertiary/aromatic N) is 3. The number of nitrogens with one attached hydrogen (secondary N) is 1. The van der Waals surface area contributed by atoms with Gasteiger partial charge in [-0.05, 0) is 32.8 Å². The smallest absolute Gasteiger partial charge is 0.332 e. The molecule has 4 heterocycles. The van der Waals surface area contributed by atoms with E-state index < -0.39 is 11.8 Å². The Bertz CT molecular complexity index is 1110. The Morgan fingerprint density at radius 1 is 1.24 bits per heavy atom. The second-order valence-electron chi connectivity index (χ2n) is 7.76. The number of hydrogen-bond acceptors (Lipinski definition) is 6. The Balaban J connectivity index is 1.85. The molecule has 1 atom stereocenters. The number of aryl methyl sites for hydroxylation is 1. The lowest BCUT2D eigenvalue weighted by atomic mass is 10.1. The summed E-state index contributed by atoms with van der Waals surface area (Å²) in [4.78, 5) is 53.0. The quantitative estimate of drug-likeness (QED) is 0.704. The Kier molecular flexibility index (Phi) is 5.07. The van der Waals surface area contributed by atoms with Gasteiger partial charge < -0.3 is 15.0 Å². The van der Waals surface area contributed by atoms with Gasteiger partial charge in [-0.1, -0.05) is 0 Å². The van der Waals surface area contributed by atoms with Gasteiger partial charge in [-0.25, -0.2) is 4.79 Å². The molecule has 0 radical (unpaired) electrons. The molecule has 2 aromatic rings. The van der Waals surface area contributed by atoms with Gasteiger partial charge >= 0.3 is 17.5 Å². The summed E-state index contributed by atoms with van der Waals surface area (Å²) in [5, 5.41) is 3.04. The second-order valence-corrected chi connectivity index (χ2v) is 8.84. The van der Waals surface area contributed by atoms with Crippen LogP contribution in [0.25, 0.3) is 10.2 Å². The molecule has 2 amide bonds. The summed E-state index contributed by atoms with van der Waals surface area (Å²) in [5.74, 6) is -1.19. The van der Waals surface area contributed by atoms with Gasteiger partial charge in [0.2, 0.25) is 0 Å². The van der Waals surface area contributed by atoms with Crippen molar-refractivity contribution in [2.45, 2.75) is 52.4 Å². The Labute approximate surface area is 170 Å². The van der Waals surface area contributed by atoms with Gasteiger partial charge in [-0.2, -0.15) is 0 Å². The maximum absolute atomic E-state index is 13.1. The maximum atomic E-state index is 13.1. The van der Waals surface area contributed by atoms with E-state index in [2.05, 4.69) is 5.32 Å². The number of thiophene rings is 1. The number of hydrogen-bond donors (Lipinski definition) is 1. The van der Waals surface area contributed by atoms with Crippen molar-refractivity contribution in [2.24, 2.45) is 0 Å². The average molecular weight is 420 g/mol. The minimum Gasteiger partial charge on any atom is -0.376 e. The highest BCUT2D eigenvalue weighted by atomic mass is 32.1. The summed E-state index contributed by atoms with van der Waals surface area (Å²) in [6.07, 6.45) is 0.843. The number of piperazine rings is 1. The molecule has 0 saturated carbocycles. The summed E-state index contributed by atoms with van der Waals surface area (Å²) in [5.41, 5.74) is 0.106. The minimum atomic E-state index is -0.615. The molecule has 0 spiro atoms. The number of rotatable bonds is 5. The monoisotopic (exact) mass is 420 g/mol. The van der Waals surface area contributed by atoms with Crippen molar-refractivity contribution >= 4 is 33.4 Å². The lowest BCUT2D eigenvalue weighted by molar-refractivity contribution is -0.148. The Morgan fingerprint density at radius 3 is 2.59 bits per heavy atom. The number of carbonyl (C=O) groups excluding carboxylic acids is 2. The van der Waals surface area contributed by atoms with Crippen LogP contribution in [0.3, 0.4) is 0 Å². The van der Waals surface area contributed by atoms with Gasteiger partial charge in [0.05, 0.1) is 24.6 Å². The molecule has 0 aromatic carbocycles. The van der Waals surface area contributed by atoms with Crippen LogP contribution in [-0.4, -0.2) is 51.6 Å². The third-order valence-electron chi connectivity index (χ3n) is 5.52. The number of aromatic nitrogens is 2. The van der Waals surface area contributed by atoms with E-state index in [-0.39, 0.29) is 29.9 Å². The van der Waals surface area contributed by atoms with Crippen LogP contribution in [-0.2, 0) is 27.4 Å². The van der Waals surface area contributed by atoms with E-state index in [1.54, 1.807) is 4.57 Å². The van der Waals surface area contributed by atoms with Crippen molar-refractivity contribution < 1.29 is 14.3 Å². The third kappa shape index (κ3) is 3.29. The number of fused-ring (bicyclic) bond motifs is 1. The van der Waals surface area contributed by atoms with E-state index in [1.165, 1.54) is 20.8 Å². The SMILES string of the molecule is Cc1c(CN2CCNC(=O)C2=O)sc2c1c(=O)n(C(C)C)c(=O)n2CC1CCO1. The molecule has 1 N–H and O–H groups in total. The Morgan fingerprint density at radius 2 is 1.97 bits per heavy atom. The summed E-state index contributed by atoms with van der Waals surface area (Å²) >= 11 is 1.34. The lowest BCUT2D eigenvalue weighted by Crippen LogP contribution is -2.51. The maximum Gasteiger partial charge on any atom is 0.332 e. The predicted molar refractivity (Wildman–Crippen MR) is 108 cm³/mol. The van der Waals surface area contributed by atoms with Crippen LogP contribution in [0.1, 0.15) is 36.8 Å². The van der Waals surface area contributed by atoms with Crippen molar-refractivity contribution in [2.75, 3.05) is 19.7 Å². The van der Waals surface area contributed by atoms with Gasteiger partial charge in [0.25, 0.3) is 5.56 Å². The second kappa shape index (κ2) is 7.42. The summed E-state index contributed by atoms with van der Waals surface area (Å²) < 4.78 is 8.43. The lowest BCUT2D eigenvalue weighted by Gasteiger charge is -2.27. The largest absolute Gasteiger partial charge is 0.376 e. The van der Waals surface area contributed by atoms with E-state index >= 15 is 0 Å². The zero-order valence-corrected chi connectivity index (χ0v) is 17.5. The van der Waals surface area contributed by atoms with Gasteiger partial charge in [0.15, 0.2) is 0 Å². The molecule has 10 heteroatoms. The van der Waals surface area contributed by atoms with Gasteiger partial charge in [0.1, 0.15) is 4.83 Å². The molecule has 2 fully saturated rings. The first kappa shape index (κ1) is 19.8. The molecule has 2 aromatic heterocycles. The first-order chi connectivity index (χ1) is 13.8. The van der Waals surface area contributed by atoms with Crippen LogP contribution in [0.15, 0.2) is 9.59 Å². The summed E-state index contributed by atoms with van der Waals surface area (Å²) in [6, 6.07) is -0.275. The van der Waals surface area contributed by atoms with Crippen LogP contribution in [0.4, 0.5) is 0 Å². The molecule has 0 aliphatic carbocycles. The molecular formula is C19H24N4O5S. The zero-order chi connectivity index (χ0) is 20.9. The highest BCUT2D eigenvalue weighted by Gasteiger charge is 2.29. The highest BCUT2D eigenvalue weighted by molar-refractivity contribution is 7.18. The van der Waals surface area contributed by atoms with Crippen molar-refractivity contribution in [3.8, 4) is 0 Å². The van der Waals surface area contributed by atoms with Crippen LogP contribution >= 0.6 is 11.3 Å². The zero-order valence-electron chi connectivity index (χ0n) is 16.7. The highest BCUT2D eigenvalue weighted by Crippen LogP contribution is 2.30. The Hall–Kier alpha value is -2.46. The fourth-order valence-corrected chi connectivity index (χ4v) is 5.07. The minimum absolute atomic E-state index is 0.0350. The van der Waals surface area contributed by atoms with Crippen LogP contribution in [0.5, 0.6) is 0 Å². The molecule has 29 heavy (non-hydrogen) atoms. The first-order valence-corrected chi connectivity index (χ1v) is 10.6. The predicted octanol–water partition coefficient (Wildman–Crippen LogP) is 0.361. The van der Waals surface area contributed by atoms with Gasteiger partial charge in [0, 0.05) is 30.6 Å². The van der Waals surface area contributed by atoms with E-state index in [0.29, 0.717) is 36.5 Å². The van der Waals surface area contributed by atoms with E-state index in [4.69, 9.17) is 4.74 Å². The fraction of sp³-hybridized carbons (Fsp3) is 0.579. The standard InChI is InChI=1S/C19H24N4O5S/c1-10(2)23-16(25)14-11(3)13(9-21-6-5-20-15(24)17(21)26)29-18(14)22(19(23)27)8-12-4-7-28-12/h10,12H,4-9H2,1-3H3,(H,20,24). The molecule has 4 rings (SSSR count). The van der Waals surface area contributed by atoms with E-state index in [9.17, 15) is 19.2 Å². The summed E-state index contributed by atoms with van der Waals surface area (Å²) in [7, 11) is 0. The van der Waals surface area contributed by atoms with Crippen LogP contribution in [0.2, 0.25) is 0 Å². The van der Waals surface area contributed by atoms with E-state index in [0.717, 1.165) is 16.9 Å². The molecule has 2 aliphatic heterocycles. The number of ether oxygens (including phenoxy) is 1. The fourth-order valence-electron chi connectivity index (χ4n) is 3.76. The van der Waals surface area contributed by atoms with Crippen molar-refractivity contribution in [1.82, 2.24) is 19.4 Å². The van der Waals surface area contributed by atoms with Crippen molar-refractivity contribution in [3.05, 3.63) is 31.3 Å².